The van der Waals surface area contributed by atoms with Gasteiger partial charge in [-0.1, -0.05) is 88.4 Å². The zero-order valence-electron chi connectivity index (χ0n) is 24.4. The fourth-order valence-electron chi connectivity index (χ4n) is 6.25. The summed E-state index contributed by atoms with van der Waals surface area (Å²) in [6, 6.07) is 28.5. The summed E-state index contributed by atoms with van der Waals surface area (Å²) in [4.78, 5) is 4.90. The summed E-state index contributed by atoms with van der Waals surface area (Å²) >= 11 is 0. The molecule has 2 aliphatic rings. The molecule has 0 saturated heterocycles. The van der Waals surface area contributed by atoms with Gasteiger partial charge in [0, 0.05) is 39.5 Å². The Kier molecular flexibility index (Phi) is 7.43. The number of benzene rings is 3. The number of fused-ring (bicyclic) bond motifs is 6. The molecule has 41 heavy (non-hydrogen) atoms. The molecular weight excluding hydrogens is 498 g/mol. The maximum Gasteiger partial charge on any atom is 0.0932 e. The van der Waals surface area contributed by atoms with Crippen molar-refractivity contribution in [2.24, 2.45) is 0 Å². The highest BCUT2D eigenvalue weighted by Gasteiger charge is 2.24. The van der Waals surface area contributed by atoms with Crippen LogP contribution in [0.5, 0.6) is 0 Å². The van der Waals surface area contributed by atoms with Crippen molar-refractivity contribution in [3.05, 3.63) is 121 Å². The number of rotatable bonds is 3. The summed E-state index contributed by atoms with van der Waals surface area (Å²) in [7, 11) is 0. The Morgan fingerprint density at radius 1 is 0.732 bits per heavy atom. The molecule has 0 fully saturated rings. The predicted octanol–water partition coefficient (Wildman–Crippen LogP) is 10.6. The van der Waals surface area contributed by atoms with Crippen LogP contribution in [-0.4, -0.2) is 14.1 Å². The Morgan fingerprint density at radius 2 is 1.51 bits per heavy atom. The minimum absolute atomic E-state index is 0.946. The number of aromatic nitrogens is 3. The highest BCUT2D eigenvalue weighted by atomic mass is 15.0. The smallest absolute Gasteiger partial charge is 0.0932 e. The molecule has 0 amide bonds. The molecule has 0 saturated carbocycles. The van der Waals surface area contributed by atoms with E-state index in [1.54, 1.807) is 0 Å². The topological polar surface area (TPSA) is 22.8 Å². The first kappa shape index (κ1) is 26.6. The van der Waals surface area contributed by atoms with Crippen LogP contribution in [0.4, 0.5) is 0 Å². The van der Waals surface area contributed by atoms with Crippen molar-refractivity contribution in [3.8, 4) is 16.8 Å². The molecule has 6 aromatic rings. The number of hydrogen-bond donors (Lipinski definition) is 0. The highest BCUT2D eigenvalue weighted by Crippen LogP contribution is 2.41. The van der Waals surface area contributed by atoms with E-state index in [2.05, 4.69) is 118 Å². The Balaban J connectivity index is 0.000000726. The molecule has 8 rings (SSSR count). The molecule has 3 aromatic heterocycles. The fourth-order valence-corrected chi connectivity index (χ4v) is 6.25. The van der Waals surface area contributed by atoms with Crippen molar-refractivity contribution in [1.82, 2.24) is 14.1 Å². The van der Waals surface area contributed by atoms with Crippen LogP contribution in [0.25, 0.3) is 61.4 Å². The average Bonchev–Trinajstić information content (AvgIpc) is 3.75. The van der Waals surface area contributed by atoms with Crippen LogP contribution in [-0.2, 0) is 6.42 Å². The van der Waals surface area contributed by atoms with Crippen molar-refractivity contribution in [1.29, 1.82) is 0 Å². The first-order valence-electron chi connectivity index (χ1n) is 15.0. The van der Waals surface area contributed by atoms with Gasteiger partial charge >= 0.3 is 0 Å². The summed E-state index contributed by atoms with van der Waals surface area (Å²) in [5.74, 6) is 0. The third-order valence-corrected chi connectivity index (χ3v) is 7.86. The number of nitrogens with zero attached hydrogens (tertiary/aromatic N) is 3. The van der Waals surface area contributed by atoms with E-state index >= 15 is 0 Å². The second-order valence-corrected chi connectivity index (χ2v) is 9.91. The minimum Gasteiger partial charge on any atom is -0.311 e. The maximum atomic E-state index is 4.90. The van der Waals surface area contributed by atoms with Gasteiger partial charge in [0.25, 0.3) is 0 Å². The lowest BCUT2D eigenvalue weighted by molar-refractivity contribution is 0.956. The Hall–Kier alpha value is -4.63. The molecule has 0 unspecified atom stereocenters. The molecule has 0 spiro atoms. The number of para-hydroxylation sites is 2. The van der Waals surface area contributed by atoms with Crippen LogP contribution in [0, 0.1) is 0 Å². The lowest BCUT2D eigenvalue weighted by atomic mass is 10.0. The van der Waals surface area contributed by atoms with Gasteiger partial charge in [-0.15, -0.1) is 0 Å². The van der Waals surface area contributed by atoms with Crippen LogP contribution in [0.3, 0.4) is 0 Å². The zero-order valence-corrected chi connectivity index (χ0v) is 24.4. The van der Waals surface area contributed by atoms with Crippen LogP contribution in [0.1, 0.15) is 51.8 Å². The fraction of sp³-hybridized carbons (Fsp3) is 0.184. The van der Waals surface area contributed by atoms with Gasteiger partial charge in [-0.25, -0.2) is 0 Å². The highest BCUT2D eigenvalue weighted by molar-refractivity contribution is 6.11. The van der Waals surface area contributed by atoms with Gasteiger partial charge < -0.3 is 9.13 Å². The van der Waals surface area contributed by atoms with Crippen molar-refractivity contribution in [2.45, 2.75) is 47.0 Å². The molecule has 3 nitrogen and oxygen atoms in total. The van der Waals surface area contributed by atoms with Crippen molar-refractivity contribution < 1.29 is 0 Å². The maximum absolute atomic E-state index is 4.90. The van der Waals surface area contributed by atoms with Crippen LogP contribution >= 0.6 is 0 Å². The number of pyridine rings is 1. The van der Waals surface area contributed by atoms with E-state index in [0.717, 1.165) is 24.8 Å². The Labute approximate surface area is 242 Å². The summed E-state index contributed by atoms with van der Waals surface area (Å²) in [6.07, 6.45) is 16.3. The Bertz CT molecular complexity index is 1940. The van der Waals surface area contributed by atoms with E-state index in [9.17, 15) is 0 Å². The van der Waals surface area contributed by atoms with E-state index < -0.39 is 0 Å². The van der Waals surface area contributed by atoms with Crippen LogP contribution < -0.4 is 0 Å². The van der Waals surface area contributed by atoms with Crippen LogP contribution in [0.15, 0.2) is 109 Å². The van der Waals surface area contributed by atoms with Crippen molar-refractivity contribution in [2.75, 3.05) is 0 Å². The van der Waals surface area contributed by atoms with E-state index in [0.29, 0.717) is 0 Å². The second-order valence-electron chi connectivity index (χ2n) is 9.91. The van der Waals surface area contributed by atoms with E-state index in [-0.39, 0.29) is 0 Å². The Morgan fingerprint density at radius 3 is 2.32 bits per heavy atom. The molecule has 2 aliphatic carbocycles. The lowest BCUT2D eigenvalue weighted by Gasteiger charge is -2.16. The number of allylic oxidation sites excluding steroid dienone is 5. The molecule has 3 heteroatoms. The molecule has 0 bridgehead atoms. The first-order valence-corrected chi connectivity index (χ1v) is 15.0. The molecule has 0 aliphatic heterocycles. The molecule has 3 heterocycles. The average molecular weight is 536 g/mol. The van der Waals surface area contributed by atoms with Crippen LogP contribution in [0.2, 0.25) is 0 Å². The quantitative estimate of drug-likeness (QED) is 0.221. The predicted molar refractivity (Wildman–Crippen MR) is 178 cm³/mol. The van der Waals surface area contributed by atoms with Gasteiger partial charge in [0.15, 0.2) is 0 Å². The van der Waals surface area contributed by atoms with Gasteiger partial charge in [-0.3, -0.25) is 4.98 Å². The third kappa shape index (κ3) is 4.33. The molecule has 204 valence electrons. The molecule has 3 aromatic carbocycles. The largest absolute Gasteiger partial charge is 0.311 e. The van der Waals surface area contributed by atoms with Gasteiger partial charge in [0.05, 0.1) is 27.8 Å². The molecule has 0 atom stereocenters. The summed E-state index contributed by atoms with van der Waals surface area (Å²) < 4.78 is 4.84. The first-order chi connectivity index (χ1) is 20.4. The normalized spacial score (nSPS) is 13.5. The van der Waals surface area contributed by atoms with Gasteiger partial charge in [-0.05, 0) is 73.4 Å². The van der Waals surface area contributed by atoms with Gasteiger partial charge in [0.1, 0.15) is 0 Å². The summed E-state index contributed by atoms with van der Waals surface area (Å²) in [5.41, 5.74) is 12.4. The monoisotopic (exact) mass is 535 g/mol. The summed E-state index contributed by atoms with van der Waals surface area (Å²) in [6.45, 7) is 8.00. The standard InChI is InChI=1S/C34H25N3.2C2H6/c1-3-10-24(11-4-1)36-30-16-8-7-14-27(30)29-22-23(18-19-32(29)36)26-20-21-35-33-28-15-9-17-31(28)37(34(26)33)25-12-5-2-6-13-25;2*1-2/h1-5,7-12,14,16-22H,6,13,15H2;2*1-2H3. The molecule has 0 N–H and O–H groups in total. The SMILES string of the molecule is C1=CCCC(n2c3c(c4nccc(-c5ccc6c(c5)c5ccccc5n6-c5ccccc5)c42)CC=C3)=C1.CC.CC. The van der Waals surface area contributed by atoms with Crippen molar-refractivity contribution in [3.63, 3.8) is 0 Å². The van der Waals surface area contributed by atoms with E-state index in [4.69, 9.17) is 4.98 Å². The van der Waals surface area contributed by atoms with E-state index in [1.165, 1.54) is 61.1 Å². The molecular formula is C38H37N3. The number of hydrogen-bond acceptors (Lipinski definition) is 1. The zero-order chi connectivity index (χ0) is 28.3. The minimum atomic E-state index is 0.946. The second kappa shape index (κ2) is 11.5. The van der Waals surface area contributed by atoms with E-state index in [1.807, 2.05) is 33.9 Å². The molecule has 0 radical (unpaired) electrons. The summed E-state index contributed by atoms with van der Waals surface area (Å²) in [5, 5.41) is 2.54. The van der Waals surface area contributed by atoms with Gasteiger partial charge in [-0.2, -0.15) is 0 Å². The van der Waals surface area contributed by atoms with Crippen molar-refractivity contribution >= 4 is 44.6 Å². The van der Waals surface area contributed by atoms with Gasteiger partial charge in [0.2, 0.25) is 0 Å². The lowest BCUT2D eigenvalue weighted by Crippen LogP contribution is -2.02. The third-order valence-electron chi connectivity index (χ3n) is 7.86.